The predicted octanol–water partition coefficient (Wildman–Crippen LogP) is 2.70. The van der Waals surface area contributed by atoms with E-state index in [0.29, 0.717) is 18.9 Å². The molecule has 0 atom stereocenters. The molecule has 1 aromatic rings. The highest BCUT2D eigenvalue weighted by molar-refractivity contribution is 6.00. The summed E-state index contributed by atoms with van der Waals surface area (Å²) >= 11 is 0. The van der Waals surface area contributed by atoms with Crippen molar-refractivity contribution in [2.75, 3.05) is 11.9 Å². The number of nitrogens with zero attached hydrogens (tertiary/aromatic N) is 1. The van der Waals surface area contributed by atoms with Gasteiger partial charge in [-0.1, -0.05) is 31.5 Å². The van der Waals surface area contributed by atoms with Gasteiger partial charge in [0.1, 0.15) is 0 Å². The minimum Gasteiger partial charge on any atom is -0.332 e. The van der Waals surface area contributed by atoms with E-state index in [1.807, 2.05) is 30.3 Å². The van der Waals surface area contributed by atoms with Gasteiger partial charge in [0.15, 0.2) is 11.7 Å². The van der Waals surface area contributed by atoms with Gasteiger partial charge in [-0.05, 0) is 18.6 Å². The molecule has 0 bridgehead atoms. The number of ketones is 1. The molecule has 4 nitrogen and oxygen atoms in total. The lowest BCUT2D eigenvalue weighted by molar-refractivity contribution is -0.115. The fraction of sp³-hybridized carbons (Fsp3) is 0.333. The minimum atomic E-state index is 0.192. The number of para-hydroxylation sites is 1. The van der Waals surface area contributed by atoms with E-state index in [9.17, 15) is 4.79 Å². The van der Waals surface area contributed by atoms with Crippen molar-refractivity contribution < 1.29 is 4.79 Å². The van der Waals surface area contributed by atoms with Crippen LogP contribution in [0.25, 0.3) is 0 Å². The zero-order chi connectivity index (χ0) is 13.5. The molecule has 0 fully saturated rings. The average Bonchev–Trinajstić information content (AvgIpc) is 2.46. The van der Waals surface area contributed by atoms with Crippen LogP contribution < -0.4 is 10.6 Å². The minimum absolute atomic E-state index is 0.192. The third-order valence-corrected chi connectivity index (χ3v) is 2.94. The molecular formula is C15H19N3O. The van der Waals surface area contributed by atoms with E-state index in [1.54, 1.807) is 6.20 Å². The van der Waals surface area contributed by atoms with Gasteiger partial charge in [0.25, 0.3) is 0 Å². The molecule has 4 heteroatoms. The monoisotopic (exact) mass is 257 g/mol. The third kappa shape index (κ3) is 3.95. The lowest BCUT2D eigenvalue weighted by Gasteiger charge is -2.15. The largest absolute Gasteiger partial charge is 0.332 e. The van der Waals surface area contributed by atoms with Gasteiger partial charge >= 0.3 is 0 Å². The molecule has 0 radical (unpaired) electrons. The zero-order valence-electron chi connectivity index (χ0n) is 11.1. The summed E-state index contributed by atoms with van der Waals surface area (Å²) < 4.78 is 0. The number of nitrogens with one attached hydrogen (secondary N) is 2. The molecule has 19 heavy (non-hydrogen) atoms. The summed E-state index contributed by atoms with van der Waals surface area (Å²) in [4.78, 5) is 16.2. The Morgan fingerprint density at radius 3 is 2.79 bits per heavy atom. The van der Waals surface area contributed by atoms with Gasteiger partial charge in [-0.15, -0.1) is 0 Å². The second-order valence-corrected chi connectivity index (χ2v) is 4.50. The summed E-state index contributed by atoms with van der Waals surface area (Å²) in [6.07, 6.45) is 4.35. The van der Waals surface area contributed by atoms with Crippen LogP contribution in [0.15, 0.2) is 47.1 Å². The van der Waals surface area contributed by atoms with Crippen LogP contribution in [0, 0.1) is 0 Å². The Kier molecular flexibility index (Phi) is 4.72. The first-order chi connectivity index (χ1) is 9.29. The van der Waals surface area contributed by atoms with Gasteiger partial charge in [0.05, 0.1) is 6.54 Å². The molecule has 0 spiro atoms. The highest BCUT2D eigenvalue weighted by atomic mass is 16.1. The van der Waals surface area contributed by atoms with Gasteiger partial charge in [0, 0.05) is 23.9 Å². The predicted molar refractivity (Wildman–Crippen MR) is 78.1 cm³/mol. The third-order valence-electron chi connectivity index (χ3n) is 2.94. The maximum Gasteiger partial charge on any atom is 0.200 e. The van der Waals surface area contributed by atoms with Gasteiger partial charge in [0.2, 0.25) is 0 Å². The Morgan fingerprint density at radius 1 is 1.37 bits per heavy atom. The van der Waals surface area contributed by atoms with Crippen molar-refractivity contribution in [1.82, 2.24) is 5.32 Å². The molecule has 1 aliphatic rings. The van der Waals surface area contributed by atoms with Crippen molar-refractivity contribution >= 4 is 17.4 Å². The highest BCUT2D eigenvalue weighted by Crippen LogP contribution is 2.09. The summed E-state index contributed by atoms with van der Waals surface area (Å²) in [5.41, 5.74) is 1.73. The molecule has 0 saturated heterocycles. The van der Waals surface area contributed by atoms with E-state index in [2.05, 4.69) is 22.5 Å². The van der Waals surface area contributed by atoms with Crippen LogP contribution in [-0.4, -0.2) is 18.3 Å². The van der Waals surface area contributed by atoms with Gasteiger partial charge in [-0.25, -0.2) is 4.99 Å². The van der Waals surface area contributed by atoms with E-state index in [0.717, 1.165) is 24.1 Å². The van der Waals surface area contributed by atoms with E-state index in [-0.39, 0.29) is 5.78 Å². The molecule has 0 amide bonds. The molecule has 0 aliphatic carbocycles. The Bertz CT molecular complexity index is 491. The Balaban J connectivity index is 1.87. The zero-order valence-corrected chi connectivity index (χ0v) is 11.1. The number of aliphatic imine (C=N–C) groups is 1. The quantitative estimate of drug-likeness (QED) is 0.852. The van der Waals surface area contributed by atoms with Crippen LogP contribution in [0.2, 0.25) is 0 Å². The first-order valence-corrected chi connectivity index (χ1v) is 6.65. The maximum atomic E-state index is 11.8. The van der Waals surface area contributed by atoms with Crippen LogP contribution >= 0.6 is 0 Å². The number of benzene rings is 1. The summed E-state index contributed by atoms with van der Waals surface area (Å²) in [5, 5.41) is 6.20. The van der Waals surface area contributed by atoms with E-state index < -0.39 is 0 Å². The lowest BCUT2D eigenvalue weighted by atomic mass is 10.1. The van der Waals surface area contributed by atoms with Crippen LogP contribution in [-0.2, 0) is 4.79 Å². The molecule has 2 rings (SSSR count). The fourth-order valence-electron chi connectivity index (χ4n) is 1.81. The lowest BCUT2D eigenvalue weighted by Crippen LogP contribution is -2.31. The number of Topliss-reactive ketones (excluding diaryl/α,β-unsaturated/α-hetero) is 1. The van der Waals surface area contributed by atoms with Crippen molar-refractivity contribution in [3.63, 3.8) is 0 Å². The second-order valence-electron chi connectivity index (χ2n) is 4.50. The first-order valence-electron chi connectivity index (χ1n) is 6.65. The first kappa shape index (κ1) is 13.3. The molecule has 2 N–H and O–H groups in total. The Morgan fingerprint density at radius 2 is 2.16 bits per heavy atom. The van der Waals surface area contributed by atoms with Crippen molar-refractivity contribution in [3.05, 3.63) is 42.1 Å². The average molecular weight is 257 g/mol. The number of unbranched alkanes of at least 4 members (excludes halogenated alkanes) is 1. The van der Waals surface area contributed by atoms with Crippen molar-refractivity contribution in [1.29, 1.82) is 0 Å². The molecule has 1 heterocycles. The number of carbonyl (C=O) groups excluding carboxylic acids is 1. The summed E-state index contributed by atoms with van der Waals surface area (Å²) in [5.74, 6) is 0.870. The molecular weight excluding hydrogens is 238 g/mol. The number of rotatable bonds is 5. The van der Waals surface area contributed by atoms with Crippen LogP contribution in [0.4, 0.5) is 5.69 Å². The smallest absolute Gasteiger partial charge is 0.200 e. The highest BCUT2D eigenvalue weighted by Gasteiger charge is 2.12. The number of hydrogen-bond acceptors (Lipinski definition) is 4. The van der Waals surface area contributed by atoms with E-state index in [4.69, 9.17) is 0 Å². The normalized spacial score (nSPS) is 14.2. The summed E-state index contributed by atoms with van der Waals surface area (Å²) in [6, 6.07) is 9.82. The van der Waals surface area contributed by atoms with Gasteiger partial charge in [-0.2, -0.15) is 0 Å². The second kappa shape index (κ2) is 6.73. The van der Waals surface area contributed by atoms with Crippen molar-refractivity contribution in [3.8, 4) is 0 Å². The number of hydrogen-bond donors (Lipinski definition) is 2. The van der Waals surface area contributed by atoms with Gasteiger partial charge < -0.3 is 10.6 Å². The van der Waals surface area contributed by atoms with Crippen LogP contribution in [0.3, 0.4) is 0 Å². The number of guanidine groups is 1. The van der Waals surface area contributed by atoms with Crippen molar-refractivity contribution in [2.45, 2.75) is 26.2 Å². The SMILES string of the molecule is CCCCC(=O)C1=CNC(Nc2ccccc2)=NC1. The summed E-state index contributed by atoms with van der Waals surface area (Å²) in [6.45, 7) is 2.53. The molecule has 0 aromatic heterocycles. The molecule has 0 unspecified atom stereocenters. The van der Waals surface area contributed by atoms with Gasteiger partial charge in [-0.3, -0.25) is 4.79 Å². The molecule has 100 valence electrons. The molecule has 1 aliphatic heterocycles. The summed E-state index contributed by atoms with van der Waals surface area (Å²) in [7, 11) is 0. The van der Waals surface area contributed by atoms with Crippen LogP contribution in [0.1, 0.15) is 26.2 Å². The number of carbonyl (C=O) groups is 1. The van der Waals surface area contributed by atoms with Crippen molar-refractivity contribution in [2.24, 2.45) is 4.99 Å². The standard InChI is InChI=1S/C15H19N3O/c1-2-3-9-14(19)12-10-16-15(17-11-12)18-13-7-5-4-6-8-13/h4-8,10H,2-3,9,11H2,1H3,(H2,16,17,18). The fourth-order valence-corrected chi connectivity index (χ4v) is 1.81. The Labute approximate surface area is 113 Å². The Hall–Kier alpha value is -2.10. The van der Waals surface area contributed by atoms with E-state index in [1.165, 1.54) is 0 Å². The van der Waals surface area contributed by atoms with E-state index >= 15 is 0 Å². The maximum absolute atomic E-state index is 11.8. The number of anilines is 1. The topological polar surface area (TPSA) is 53.5 Å². The molecule has 0 saturated carbocycles. The van der Waals surface area contributed by atoms with Crippen LogP contribution in [0.5, 0.6) is 0 Å². The molecule has 1 aromatic carbocycles.